The van der Waals surface area contributed by atoms with Gasteiger partial charge in [-0.2, -0.15) is 0 Å². The Labute approximate surface area is 194 Å². The van der Waals surface area contributed by atoms with Crippen molar-refractivity contribution in [3.63, 3.8) is 0 Å². The number of ketones is 1. The van der Waals surface area contributed by atoms with Crippen LogP contribution in [0.1, 0.15) is 27.7 Å². The summed E-state index contributed by atoms with van der Waals surface area (Å²) in [6, 6.07) is 14.7. The van der Waals surface area contributed by atoms with E-state index in [-0.39, 0.29) is 24.2 Å². The van der Waals surface area contributed by atoms with Crippen molar-refractivity contribution in [1.29, 1.82) is 0 Å². The number of imide groups is 1. The number of hydrogen-bond donors (Lipinski definition) is 0. The van der Waals surface area contributed by atoms with Crippen LogP contribution in [0.3, 0.4) is 0 Å². The van der Waals surface area contributed by atoms with Crippen LogP contribution in [0.4, 0.5) is 5.69 Å². The quantitative estimate of drug-likeness (QED) is 0.443. The maximum atomic E-state index is 13.9. The van der Waals surface area contributed by atoms with Gasteiger partial charge in [-0.15, -0.1) is 0 Å². The van der Waals surface area contributed by atoms with Crippen LogP contribution in [0.5, 0.6) is 11.5 Å². The van der Waals surface area contributed by atoms with E-state index in [1.807, 2.05) is 41.4 Å². The smallest absolute Gasteiger partial charge is 0.240 e. The predicted octanol–water partition coefficient (Wildman–Crippen LogP) is 3.41. The molecule has 0 bridgehead atoms. The van der Waals surface area contributed by atoms with E-state index in [9.17, 15) is 14.4 Å². The molecule has 7 rings (SSSR count). The number of ether oxygens (including phenoxy) is 2. The van der Waals surface area contributed by atoms with Crippen molar-refractivity contribution in [2.45, 2.75) is 12.1 Å². The van der Waals surface area contributed by atoms with E-state index >= 15 is 0 Å². The molecule has 8 heteroatoms. The number of furan rings is 1. The molecule has 8 nitrogen and oxygen atoms in total. The summed E-state index contributed by atoms with van der Waals surface area (Å²) in [5.74, 6) is -1.41. The average Bonchev–Trinajstić information content (AvgIpc) is 3.64. The number of Topliss-reactive ketones (excluding diaryl/α,β-unsaturated/α-hetero) is 1. The number of carbonyl (C=O) groups is 3. The third-order valence-electron chi connectivity index (χ3n) is 7.11. The van der Waals surface area contributed by atoms with Gasteiger partial charge in [0.15, 0.2) is 17.3 Å². The number of hydrogen-bond acceptors (Lipinski definition) is 7. The minimum absolute atomic E-state index is 0.0891. The highest BCUT2D eigenvalue weighted by Crippen LogP contribution is 2.54. The summed E-state index contributed by atoms with van der Waals surface area (Å²) in [5.41, 5.74) is 2.29. The molecule has 0 radical (unpaired) electrons. The summed E-state index contributed by atoms with van der Waals surface area (Å²) in [6.45, 7) is 0.0891. The number of fused-ring (bicyclic) bond motifs is 6. The molecular formula is C26H18N2O6. The molecule has 0 N–H and O–H groups in total. The molecule has 2 aromatic carbocycles. The molecule has 0 saturated carbocycles. The van der Waals surface area contributed by atoms with Crippen molar-refractivity contribution < 1.29 is 28.3 Å². The number of carbonyl (C=O) groups excluding carboxylic acids is 3. The molecule has 2 fully saturated rings. The van der Waals surface area contributed by atoms with Crippen LogP contribution in [-0.2, 0) is 9.59 Å². The first-order chi connectivity index (χ1) is 16.6. The molecule has 0 aliphatic carbocycles. The van der Waals surface area contributed by atoms with Gasteiger partial charge in [-0.05, 0) is 41.5 Å². The highest BCUT2D eigenvalue weighted by molar-refractivity contribution is 6.24. The number of nitrogens with zero attached hydrogens (tertiary/aromatic N) is 2. The zero-order valence-electron chi connectivity index (χ0n) is 17.8. The van der Waals surface area contributed by atoms with Crippen LogP contribution in [0, 0.1) is 11.8 Å². The fourth-order valence-electron chi connectivity index (χ4n) is 5.70. The zero-order chi connectivity index (χ0) is 23.0. The Morgan fingerprint density at radius 1 is 0.912 bits per heavy atom. The van der Waals surface area contributed by atoms with Crippen LogP contribution < -0.4 is 14.4 Å². The molecule has 0 unspecified atom stereocenters. The van der Waals surface area contributed by atoms with Crippen molar-refractivity contribution in [2.75, 3.05) is 11.7 Å². The van der Waals surface area contributed by atoms with Crippen molar-refractivity contribution in [3.8, 4) is 11.5 Å². The number of anilines is 1. The van der Waals surface area contributed by atoms with E-state index in [1.165, 1.54) is 11.2 Å². The Morgan fingerprint density at radius 2 is 1.74 bits per heavy atom. The van der Waals surface area contributed by atoms with Gasteiger partial charge in [0, 0.05) is 12.3 Å². The molecule has 5 heterocycles. The summed E-state index contributed by atoms with van der Waals surface area (Å²) in [7, 11) is 0. The number of benzene rings is 2. The largest absolute Gasteiger partial charge is 0.461 e. The zero-order valence-corrected chi connectivity index (χ0v) is 17.8. The van der Waals surface area contributed by atoms with E-state index in [4.69, 9.17) is 13.9 Å². The molecule has 2 saturated heterocycles. The van der Waals surface area contributed by atoms with Gasteiger partial charge < -0.3 is 18.8 Å². The van der Waals surface area contributed by atoms with E-state index < -0.39 is 29.8 Å². The molecule has 1 aromatic heterocycles. The summed E-state index contributed by atoms with van der Waals surface area (Å²) >= 11 is 0. The van der Waals surface area contributed by atoms with Crippen molar-refractivity contribution in [3.05, 3.63) is 83.9 Å². The first kappa shape index (κ1) is 19.2. The van der Waals surface area contributed by atoms with Gasteiger partial charge in [-0.25, -0.2) is 4.90 Å². The van der Waals surface area contributed by atoms with E-state index in [0.29, 0.717) is 17.2 Å². The first-order valence-corrected chi connectivity index (χ1v) is 11.0. The SMILES string of the molecule is O=C(c1ccco1)[C@@H]1[C@@H]2C(=O)N(c3ccc4c(c3)OCO4)C(=O)[C@@H]2[C@@H]2c3ccccc3C=CN12. The normalized spacial score (nSPS) is 26.0. The number of rotatable bonds is 3. The second kappa shape index (κ2) is 6.84. The van der Waals surface area contributed by atoms with Crippen LogP contribution in [-0.4, -0.2) is 35.3 Å². The minimum Gasteiger partial charge on any atom is -0.461 e. The van der Waals surface area contributed by atoms with Gasteiger partial charge in [0.05, 0.1) is 29.8 Å². The molecule has 168 valence electrons. The lowest BCUT2D eigenvalue weighted by molar-refractivity contribution is -0.123. The Morgan fingerprint density at radius 3 is 2.59 bits per heavy atom. The third kappa shape index (κ3) is 2.45. The van der Waals surface area contributed by atoms with Crippen molar-refractivity contribution >= 4 is 29.4 Å². The lowest BCUT2D eigenvalue weighted by Gasteiger charge is -2.35. The fourth-order valence-corrected chi connectivity index (χ4v) is 5.70. The first-order valence-electron chi connectivity index (χ1n) is 11.0. The van der Waals surface area contributed by atoms with Gasteiger partial charge in [0.1, 0.15) is 6.04 Å². The van der Waals surface area contributed by atoms with E-state index in [0.717, 1.165) is 11.1 Å². The van der Waals surface area contributed by atoms with Gasteiger partial charge in [-0.3, -0.25) is 14.4 Å². The monoisotopic (exact) mass is 454 g/mol. The van der Waals surface area contributed by atoms with E-state index in [2.05, 4.69) is 0 Å². The van der Waals surface area contributed by atoms with Crippen LogP contribution in [0.15, 0.2) is 71.5 Å². The van der Waals surface area contributed by atoms with Gasteiger partial charge >= 0.3 is 0 Å². The Balaban J connectivity index is 1.37. The summed E-state index contributed by atoms with van der Waals surface area (Å²) in [6.07, 6.45) is 5.17. The Bertz CT molecular complexity index is 1390. The minimum atomic E-state index is -0.860. The van der Waals surface area contributed by atoms with Crippen molar-refractivity contribution in [2.24, 2.45) is 11.8 Å². The standard InChI is InChI=1S/C26H18N2O6/c29-24(18-6-3-11-32-18)23-21-20(22-16-5-2-1-4-14(16)9-10-27(22)23)25(30)28(26(21)31)15-7-8-17-19(12-15)34-13-33-17/h1-12,20-23H,13H2/t20-,21+,22-,23-/m0/s1. The molecule has 3 aromatic rings. The van der Waals surface area contributed by atoms with Gasteiger partial charge in [0.2, 0.25) is 24.4 Å². The molecule has 4 aliphatic heterocycles. The fraction of sp³-hybridized carbons (Fsp3) is 0.192. The molecule has 0 spiro atoms. The number of amides is 2. The Kier molecular flexibility index (Phi) is 3.85. The Hall–Kier alpha value is -4.33. The molecule has 4 atom stereocenters. The summed E-state index contributed by atoms with van der Waals surface area (Å²) in [4.78, 5) is 44.3. The van der Waals surface area contributed by atoms with Crippen LogP contribution in [0.25, 0.3) is 6.08 Å². The highest BCUT2D eigenvalue weighted by Gasteiger charge is 2.64. The lowest BCUT2D eigenvalue weighted by atomic mass is 9.84. The van der Waals surface area contributed by atoms with Gasteiger partial charge in [0.25, 0.3) is 0 Å². The summed E-state index contributed by atoms with van der Waals surface area (Å²) < 4.78 is 16.2. The topological polar surface area (TPSA) is 89.3 Å². The van der Waals surface area contributed by atoms with Gasteiger partial charge in [-0.1, -0.05) is 24.3 Å². The third-order valence-corrected chi connectivity index (χ3v) is 7.11. The second-order valence-corrected chi connectivity index (χ2v) is 8.72. The molecular weight excluding hydrogens is 436 g/mol. The van der Waals surface area contributed by atoms with Crippen LogP contribution >= 0.6 is 0 Å². The van der Waals surface area contributed by atoms with Crippen molar-refractivity contribution in [1.82, 2.24) is 4.90 Å². The van der Waals surface area contributed by atoms with Crippen LogP contribution in [0.2, 0.25) is 0 Å². The molecule has 4 aliphatic rings. The predicted molar refractivity (Wildman–Crippen MR) is 119 cm³/mol. The second-order valence-electron chi connectivity index (χ2n) is 8.72. The van der Waals surface area contributed by atoms with E-state index in [1.54, 1.807) is 30.3 Å². The summed E-state index contributed by atoms with van der Waals surface area (Å²) in [5, 5.41) is 0. The maximum Gasteiger partial charge on any atom is 0.240 e. The maximum absolute atomic E-state index is 13.9. The lowest BCUT2D eigenvalue weighted by Crippen LogP contribution is -2.44. The molecule has 2 amide bonds. The molecule has 34 heavy (non-hydrogen) atoms. The highest BCUT2D eigenvalue weighted by atomic mass is 16.7. The average molecular weight is 454 g/mol.